The molecule has 0 aliphatic rings. The minimum absolute atomic E-state index is 0.0672. The zero-order chi connectivity index (χ0) is 13.5. The lowest BCUT2D eigenvalue weighted by Gasteiger charge is -1.99. The van der Waals surface area contributed by atoms with Gasteiger partial charge in [-0.05, 0) is 6.07 Å². The maximum absolute atomic E-state index is 11.6. The van der Waals surface area contributed by atoms with Crippen LogP contribution in [0.25, 0.3) is 0 Å². The van der Waals surface area contributed by atoms with E-state index in [4.69, 9.17) is 5.11 Å². The average molecular weight is 276 g/mol. The Kier molecular flexibility index (Phi) is 4.72. The number of carbonyl (C=O) groups is 1. The lowest BCUT2D eigenvalue weighted by molar-refractivity contribution is 0.0942. The second kappa shape index (κ2) is 6.73. The lowest BCUT2D eigenvalue weighted by Crippen LogP contribution is -2.22. The third-order valence-electron chi connectivity index (χ3n) is 2.22. The van der Waals surface area contributed by atoms with E-state index in [0.717, 1.165) is 10.4 Å². The Bertz CT molecular complexity index is 593. The highest BCUT2D eigenvalue weighted by Gasteiger charge is 2.08. The molecule has 0 unspecified atom stereocenters. The predicted octanol–water partition coefficient (Wildman–Crippen LogP) is 1.40. The molecular weight excluding hydrogens is 264 g/mol. The number of hydrogen-bond acceptors (Lipinski definition) is 5. The van der Waals surface area contributed by atoms with Crippen LogP contribution in [0.5, 0.6) is 0 Å². The third kappa shape index (κ3) is 3.95. The molecule has 0 bridgehead atoms. The second-order valence-corrected chi connectivity index (χ2v) is 4.64. The normalized spacial score (nSPS) is 9.74. The maximum atomic E-state index is 11.6. The summed E-state index contributed by atoms with van der Waals surface area (Å²) in [5, 5.41) is 16.8. The smallest absolute Gasteiger partial charge is 0.273 e. The number of aromatic nitrogens is 1. The molecule has 0 spiro atoms. The van der Waals surface area contributed by atoms with Crippen LogP contribution in [-0.4, -0.2) is 22.8 Å². The zero-order valence-corrected chi connectivity index (χ0v) is 10.9. The minimum Gasteiger partial charge on any atom is -0.395 e. The molecule has 5 nitrogen and oxygen atoms in total. The van der Waals surface area contributed by atoms with Crippen LogP contribution in [0.15, 0.2) is 28.3 Å². The summed E-state index contributed by atoms with van der Waals surface area (Å²) in [6.07, 6.45) is 1.82. The molecule has 19 heavy (non-hydrogen) atoms. The molecule has 2 aromatic rings. The maximum Gasteiger partial charge on any atom is 0.273 e. The van der Waals surface area contributed by atoms with Crippen molar-refractivity contribution >= 4 is 17.2 Å². The van der Waals surface area contributed by atoms with Gasteiger partial charge in [0.05, 0.1) is 13.2 Å². The topological polar surface area (TPSA) is 75.4 Å². The molecule has 1 amide bonds. The van der Waals surface area contributed by atoms with Crippen molar-refractivity contribution in [2.75, 3.05) is 6.61 Å². The lowest BCUT2D eigenvalue weighted by atomic mass is 10.3. The zero-order valence-electron chi connectivity index (χ0n) is 10.0. The van der Waals surface area contributed by atoms with Crippen LogP contribution in [0.1, 0.15) is 27.3 Å². The first-order valence-corrected chi connectivity index (χ1v) is 6.53. The van der Waals surface area contributed by atoms with E-state index in [1.165, 1.54) is 23.7 Å². The third-order valence-corrected chi connectivity index (χ3v) is 3.15. The van der Waals surface area contributed by atoms with Crippen molar-refractivity contribution in [1.82, 2.24) is 10.5 Å². The van der Waals surface area contributed by atoms with E-state index < -0.39 is 0 Å². The van der Waals surface area contributed by atoms with Crippen molar-refractivity contribution in [3.8, 4) is 11.8 Å². The Morgan fingerprint density at radius 2 is 2.47 bits per heavy atom. The van der Waals surface area contributed by atoms with Gasteiger partial charge in [0.15, 0.2) is 5.69 Å². The van der Waals surface area contributed by atoms with Crippen LogP contribution in [0, 0.1) is 11.8 Å². The molecule has 2 heterocycles. The first-order chi connectivity index (χ1) is 9.29. The number of nitrogens with zero attached hydrogens (tertiary/aromatic N) is 1. The summed E-state index contributed by atoms with van der Waals surface area (Å²) in [6.45, 7) is 0.496. The Hall–Kier alpha value is -2.10. The molecule has 0 aliphatic heterocycles. The fourth-order valence-electron chi connectivity index (χ4n) is 1.35. The monoisotopic (exact) mass is 276 g/mol. The van der Waals surface area contributed by atoms with Gasteiger partial charge in [-0.1, -0.05) is 17.0 Å². The van der Waals surface area contributed by atoms with Crippen molar-refractivity contribution in [2.24, 2.45) is 0 Å². The number of rotatable bonds is 4. The molecule has 0 atom stereocenters. The highest BCUT2D eigenvalue weighted by atomic mass is 32.1. The van der Waals surface area contributed by atoms with E-state index in [0.29, 0.717) is 13.0 Å². The van der Waals surface area contributed by atoms with Crippen LogP contribution in [0.2, 0.25) is 0 Å². The van der Waals surface area contributed by atoms with Crippen molar-refractivity contribution < 1.29 is 14.4 Å². The van der Waals surface area contributed by atoms with Crippen LogP contribution in [-0.2, 0) is 6.54 Å². The number of carbonyl (C=O) groups excluding carboxylic acids is 1. The summed E-state index contributed by atoms with van der Waals surface area (Å²) in [4.78, 5) is 12.6. The molecule has 2 rings (SSSR count). The first-order valence-electron chi connectivity index (χ1n) is 5.65. The van der Waals surface area contributed by atoms with E-state index in [1.54, 1.807) is 0 Å². The van der Waals surface area contributed by atoms with E-state index in [2.05, 4.69) is 26.8 Å². The van der Waals surface area contributed by atoms with Gasteiger partial charge in [-0.15, -0.1) is 11.3 Å². The van der Waals surface area contributed by atoms with Gasteiger partial charge in [-0.3, -0.25) is 4.79 Å². The molecule has 98 valence electrons. The molecule has 0 aromatic carbocycles. The van der Waals surface area contributed by atoms with Gasteiger partial charge >= 0.3 is 0 Å². The second-order valence-electron chi connectivity index (χ2n) is 3.64. The Morgan fingerprint density at radius 1 is 1.58 bits per heavy atom. The summed E-state index contributed by atoms with van der Waals surface area (Å²) in [6, 6.07) is 3.42. The Balaban J connectivity index is 1.87. The fraction of sp³-hybridized carbons (Fsp3) is 0.231. The van der Waals surface area contributed by atoms with Crippen molar-refractivity contribution in [3.05, 3.63) is 39.9 Å². The molecule has 2 aromatic heterocycles. The average Bonchev–Trinajstić information content (AvgIpc) is 3.08. The predicted molar refractivity (Wildman–Crippen MR) is 70.6 cm³/mol. The number of aliphatic hydroxyl groups excluding tert-OH is 1. The summed E-state index contributed by atoms with van der Waals surface area (Å²) in [7, 11) is 0. The summed E-state index contributed by atoms with van der Waals surface area (Å²) in [5.41, 5.74) is 1.16. The first kappa shape index (κ1) is 13.3. The number of aliphatic hydroxyl groups is 1. The largest absolute Gasteiger partial charge is 0.395 e. The fourth-order valence-corrected chi connectivity index (χ4v) is 2.10. The highest BCUT2D eigenvalue weighted by molar-refractivity contribution is 7.10. The van der Waals surface area contributed by atoms with E-state index >= 15 is 0 Å². The van der Waals surface area contributed by atoms with Gasteiger partial charge in [-0.25, -0.2) is 0 Å². The summed E-state index contributed by atoms with van der Waals surface area (Å²) in [5.74, 6) is 5.52. The van der Waals surface area contributed by atoms with E-state index in [9.17, 15) is 4.79 Å². The number of thiophene rings is 1. The Labute approximate surface area is 114 Å². The summed E-state index contributed by atoms with van der Waals surface area (Å²) < 4.78 is 4.60. The van der Waals surface area contributed by atoms with Gasteiger partial charge in [0.2, 0.25) is 0 Å². The van der Waals surface area contributed by atoms with E-state index in [1.807, 2.05) is 11.4 Å². The number of amides is 1. The van der Waals surface area contributed by atoms with E-state index in [-0.39, 0.29) is 18.2 Å². The molecule has 2 N–H and O–H groups in total. The van der Waals surface area contributed by atoms with Crippen molar-refractivity contribution in [3.63, 3.8) is 0 Å². The number of nitrogens with one attached hydrogen (secondary N) is 1. The van der Waals surface area contributed by atoms with Gasteiger partial charge < -0.3 is 14.9 Å². The van der Waals surface area contributed by atoms with Crippen LogP contribution < -0.4 is 5.32 Å². The van der Waals surface area contributed by atoms with Gasteiger partial charge in [-0.2, -0.15) is 0 Å². The molecule has 0 saturated heterocycles. The molecule has 0 radical (unpaired) electrons. The van der Waals surface area contributed by atoms with Crippen LogP contribution in [0.3, 0.4) is 0 Å². The molecule has 0 aliphatic carbocycles. The minimum atomic E-state index is -0.268. The van der Waals surface area contributed by atoms with Crippen molar-refractivity contribution in [2.45, 2.75) is 13.0 Å². The van der Waals surface area contributed by atoms with Gasteiger partial charge in [0.1, 0.15) is 6.26 Å². The highest BCUT2D eigenvalue weighted by Crippen LogP contribution is 2.13. The summed E-state index contributed by atoms with van der Waals surface area (Å²) >= 11 is 1.52. The number of hydrogen-bond donors (Lipinski definition) is 2. The SMILES string of the molecule is O=C(NCc1cc(C#CCCO)cs1)c1ccon1. The standard InChI is InChI=1S/C13H12N2O3S/c16-5-2-1-3-10-7-11(19-9-10)8-14-13(17)12-4-6-18-15-12/h4,6-7,9,16H,2,5,8H2,(H,14,17). The Morgan fingerprint density at radius 3 is 3.21 bits per heavy atom. The molecule has 0 fully saturated rings. The molecular formula is C13H12N2O3S. The van der Waals surface area contributed by atoms with Crippen molar-refractivity contribution in [1.29, 1.82) is 0 Å². The molecule has 0 saturated carbocycles. The van der Waals surface area contributed by atoms with Gasteiger partial charge in [0, 0.05) is 28.3 Å². The molecule has 6 heteroatoms. The van der Waals surface area contributed by atoms with Gasteiger partial charge in [0.25, 0.3) is 5.91 Å². The quantitative estimate of drug-likeness (QED) is 0.828. The van der Waals surface area contributed by atoms with Crippen LogP contribution in [0.4, 0.5) is 0 Å². The van der Waals surface area contributed by atoms with Crippen LogP contribution >= 0.6 is 11.3 Å².